The third-order valence-corrected chi connectivity index (χ3v) is 4.33. The molecule has 6 nitrogen and oxygen atoms in total. The van der Waals surface area contributed by atoms with E-state index in [1.807, 2.05) is 0 Å². The van der Waals surface area contributed by atoms with Crippen molar-refractivity contribution in [2.45, 2.75) is 25.8 Å². The van der Waals surface area contributed by atoms with Crippen LogP contribution in [-0.4, -0.2) is 47.4 Å². The van der Waals surface area contributed by atoms with Crippen LogP contribution in [0.1, 0.15) is 24.2 Å². The van der Waals surface area contributed by atoms with E-state index in [1.54, 1.807) is 31.1 Å². The summed E-state index contributed by atoms with van der Waals surface area (Å²) in [5.41, 5.74) is 2.00. The Morgan fingerprint density at radius 1 is 1.32 bits per heavy atom. The first-order chi connectivity index (χ1) is 12.0. The fraction of sp³-hybridized carbons (Fsp3) is 0.389. The Morgan fingerprint density at radius 3 is 2.84 bits per heavy atom. The molecule has 2 aromatic rings. The highest BCUT2D eigenvalue weighted by atomic mass is 19.1. The molecule has 1 aliphatic rings. The molecule has 0 aliphatic carbocycles. The first-order valence-electron chi connectivity index (χ1n) is 8.17. The summed E-state index contributed by atoms with van der Waals surface area (Å²) >= 11 is 0. The van der Waals surface area contributed by atoms with Crippen molar-refractivity contribution in [2.75, 3.05) is 20.6 Å². The molecule has 0 saturated heterocycles. The van der Waals surface area contributed by atoms with E-state index >= 15 is 0 Å². The molecule has 0 fully saturated rings. The lowest BCUT2D eigenvalue weighted by atomic mass is 10.0. The van der Waals surface area contributed by atoms with Crippen molar-refractivity contribution in [1.29, 1.82) is 0 Å². The summed E-state index contributed by atoms with van der Waals surface area (Å²) in [6, 6.07) is 6.14. The number of aromatic nitrogens is 1. The van der Waals surface area contributed by atoms with Crippen LogP contribution in [0.3, 0.4) is 0 Å². The maximum Gasteiger partial charge on any atom is 0.223 e. The normalized spacial score (nSPS) is 13.5. The van der Waals surface area contributed by atoms with Gasteiger partial charge in [0.05, 0.1) is 6.54 Å². The molecular formula is C18H20FN3O3. The summed E-state index contributed by atoms with van der Waals surface area (Å²) in [5.74, 6) is 0.233. The first-order valence-corrected chi connectivity index (χ1v) is 8.17. The summed E-state index contributed by atoms with van der Waals surface area (Å²) < 4.78 is 18.8. The van der Waals surface area contributed by atoms with Gasteiger partial charge in [-0.1, -0.05) is 17.3 Å². The van der Waals surface area contributed by atoms with Crippen LogP contribution >= 0.6 is 0 Å². The van der Waals surface area contributed by atoms with Crippen molar-refractivity contribution in [3.05, 3.63) is 41.4 Å². The number of carbonyl (C=O) groups is 2. The van der Waals surface area contributed by atoms with Crippen LogP contribution in [0.4, 0.5) is 4.39 Å². The van der Waals surface area contributed by atoms with E-state index < -0.39 is 0 Å². The van der Waals surface area contributed by atoms with Crippen LogP contribution in [0.15, 0.2) is 28.8 Å². The highest BCUT2D eigenvalue weighted by Gasteiger charge is 2.27. The fourth-order valence-corrected chi connectivity index (χ4v) is 2.88. The minimum absolute atomic E-state index is 0.0727. The highest BCUT2D eigenvalue weighted by molar-refractivity contribution is 5.84. The second-order valence-electron chi connectivity index (χ2n) is 6.30. The molecule has 2 amide bonds. The van der Waals surface area contributed by atoms with Crippen LogP contribution in [0.2, 0.25) is 0 Å². The lowest BCUT2D eigenvalue weighted by Crippen LogP contribution is -2.36. The van der Waals surface area contributed by atoms with Gasteiger partial charge in [-0.2, -0.15) is 0 Å². The highest BCUT2D eigenvalue weighted by Crippen LogP contribution is 2.30. The number of hydrogen-bond donors (Lipinski definition) is 0. The Kier molecular flexibility index (Phi) is 4.83. The number of amides is 2. The zero-order chi connectivity index (χ0) is 18.0. The van der Waals surface area contributed by atoms with Gasteiger partial charge in [-0.15, -0.1) is 0 Å². The molecule has 0 saturated carbocycles. The molecule has 2 heterocycles. The molecule has 132 valence electrons. The third kappa shape index (κ3) is 3.70. The van der Waals surface area contributed by atoms with Crippen molar-refractivity contribution in [1.82, 2.24) is 15.0 Å². The summed E-state index contributed by atoms with van der Waals surface area (Å²) in [4.78, 5) is 27.2. The van der Waals surface area contributed by atoms with Gasteiger partial charge < -0.3 is 14.3 Å². The smallest absolute Gasteiger partial charge is 0.223 e. The zero-order valence-corrected chi connectivity index (χ0v) is 14.3. The van der Waals surface area contributed by atoms with E-state index in [4.69, 9.17) is 4.52 Å². The number of rotatable bonds is 4. The van der Waals surface area contributed by atoms with Gasteiger partial charge in [0.2, 0.25) is 11.8 Å². The van der Waals surface area contributed by atoms with Gasteiger partial charge in [-0.05, 0) is 12.1 Å². The van der Waals surface area contributed by atoms with Crippen molar-refractivity contribution in [3.8, 4) is 11.3 Å². The first kappa shape index (κ1) is 17.1. The van der Waals surface area contributed by atoms with Gasteiger partial charge in [0.15, 0.2) is 0 Å². The summed E-state index contributed by atoms with van der Waals surface area (Å²) in [6.45, 7) is 0.888. The summed E-state index contributed by atoms with van der Waals surface area (Å²) in [6.07, 6.45) is 0.924. The van der Waals surface area contributed by atoms with Gasteiger partial charge in [-0.25, -0.2) is 4.39 Å². The number of fused-ring (bicyclic) bond motifs is 1. The number of hydrogen-bond acceptors (Lipinski definition) is 4. The van der Waals surface area contributed by atoms with Crippen molar-refractivity contribution in [3.63, 3.8) is 0 Å². The number of benzene rings is 1. The molecule has 0 unspecified atom stereocenters. The Labute approximate surface area is 145 Å². The molecule has 0 atom stereocenters. The standard InChI is InChI=1S/C18H20FN3O3/c1-21(2)16(23)6-7-17(24)22-9-8-15-14(11-22)18(20-25-15)12-4-3-5-13(19)10-12/h3-5,10H,6-9,11H2,1-2H3. The molecule has 0 bridgehead atoms. The lowest BCUT2D eigenvalue weighted by molar-refractivity contribution is -0.136. The molecule has 1 aliphatic heterocycles. The van der Waals surface area contributed by atoms with E-state index in [2.05, 4.69) is 5.16 Å². The maximum atomic E-state index is 13.5. The van der Waals surface area contributed by atoms with Gasteiger partial charge in [0, 0.05) is 51.0 Å². The topological polar surface area (TPSA) is 66.7 Å². The van der Waals surface area contributed by atoms with Gasteiger partial charge in [0.25, 0.3) is 0 Å². The number of nitrogens with zero attached hydrogens (tertiary/aromatic N) is 3. The van der Waals surface area contributed by atoms with Crippen LogP contribution in [-0.2, 0) is 22.6 Å². The van der Waals surface area contributed by atoms with E-state index in [1.165, 1.54) is 17.0 Å². The molecule has 0 radical (unpaired) electrons. The van der Waals surface area contributed by atoms with Crippen LogP contribution in [0, 0.1) is 5.82 Å². The minimum Gasteiger partial charge on any atom is -0.360 e. The summed E-state index contributed by atoms with van der Waals surface area (Å²) in [7, 11) is 3.34. The molecular weight excluding hydrogens is 325 g/mol. The van der Waals surface area contributed by atoms with Crippen LogP contribution in [0.25, 0.3) is 11.3 Å². The molecule has 25 heavy (non-hydrogen) atoms. The van der Waals surface area contributed by atoms with E-state index in [-0.39, 0.29) is 30.5 Å². The Morgan fingerprint density at radius 2 is 2.12 bits per heavy atom. The minimum atomic E-state index is -0.347. The SMILES string of the molecule is CN(C)C(=O)CCC(=O)N1CCc2onc(-c3cccc(F)c3)c2C1. The van der Waals surface area contributed by atoms with Crippen molar-refractivity contribution < 1.29 is 18.5 Å². The molecule has 3 rings (SSSR count). The van der Waals surface area contributed by atoms with E-state index in [0.717, 1.165) is 11.3 Å². The average Bonchev–Trinajstić information content (AvgIpc) is 3.02. The van der Waals surface area contributed by atoms with E-state index in [0.29, 0.717) is 30.8 Å². The number of carbonyl (C=O) groups excluding carboxylic acids is 2. The van der Waals surface area contributed by atoms with Crippen molar-refractivity contribution in [2.24, 2.45) is 0 Å². The lowest BCUT2D eigenvalue weighted by Gasteiger charge is -2.26. The van der Waals surface area contributed by atoms with Gasteiger partial charge >= 0.3 is 0 Å². The van der Waals surface area contributed by atoms with Crippen LogP contribution in [0.5, 0.6) is 0 Å². The van der Waals surface area contributed by atoms with Gasteiger partial charge in [-0.3, -0.25) is 9.59 Å². The van der Waals surface area contributed by atoms with E-state index in [9.17, 15) is 14.0 Å². The molecule has 1 aromatic heterocycles. The van der Waals surface area contributed by atoms with Crippen LogP contribution < -0.4 is 0 Å². The molecule has 0 N–H and O–H groups in total. The predicted molar refractivity (Wildman–Crippen MR) is 88.9 cm³/mol. The molecule has 0 spiro atoms. The monoisotopic (exact) mass is 345 g/mol. The Bertz CT molecular complexity index is 801. The predicted octanol–water partition coefficient (Wildman–Crippen LogP) is 2.23. The average molecular weight is 345 g/mol. The second kappa shape index (κ2) is 7.04. The Hall–Kier alpha value is -2.70. The fourth-order valence-electron chi connectivity index (χ4n) is 2.88. The second-order valence-corrected chi connectivity index (χ2v) is 6.30. The maximum absolute atomic E-state index is 13.5. The largest absolute Gasteiger partial charge is 0.360 e. The Balaban J connectivity index is 1.74. The molecule has 1 aromatic carbocycles. The van der Waals surface area contributed by atoms with Gasteiger partial charge in [0.1, 0.15) is 17.3 Å². The number of halogens is 1. The quantitative estimate of drug-likeness (QED) is 0.852. The van der Waals surface area contributed by atoms with Crippen molar-refractivity contribution >= 4 is 11.8 Å². The third-order valence-electron chi connectivity index (χ3n) is 4.33. The molecule has 7 heteroatoms. The zero-order valence-electron chi connectivity index (χ0n) is 14.3. The summed E-state index contributed by atoms with van der Waals surface area (Å²) in [5, 5.41) is 4.06.